The Labute approximate surface area is 116 Å². The second kappa shape index (κ2) is 5.33. The smallest absolute Gasteiger partial charge is 0.154 e. The van der Waals surface area contributed by atoms with E-state index in [-0.39, 0.29) is 16.7 Å². The van der Waals surface area contributed by atoms with Crippen LogP contribution in [0.25, 0.3) is 0 Å². The van der Waals surface area contributed by atoms with Crippen molar-refractivity contribution >= 4 is 23.8 Å². The van der Waals surface area contributed by atoms with Crippen LogP contribution in [0, 0.1) is 18.6 Å². The molecule has 0 fully saturated rings. The molecule has 0 aliphatic rings. The van der Waals surface area contributed by atoms with Gasteiger partial charge in [0.2, 0.25) is 0 Å². The van der Waals surface area contributed by atoms with Gasteiger partial charge in [0.05, 0.1) is 29.1 Å². The van der Waals surface area contributed by atoms with Gasteiger partial charge in [-0.15, -0.1) is 0 Å². The average Bonchev–Trinajstić information content (AvgIpc) is 2.31. The lowest BCUT2D eigenvalue weighted by molar-refractivity contribution is 0.584. The van der Waals surface area contributed by atoms with Crippen LogP contribution >= 0.6 is 7.14 Å². The monoisotopic (exact) mass is 296 g/mol. The van der Waals surface area contributed by atoms with Crippen molar-refractivity contribution in [3.8, 4) is 0 Å². The molecule has 0 aliphatic carbocycles. The molecule has 106 valence electrons. The summed E-state index contributed by atoms with van der Waals surface area (Å²) in [4.78, 5) is 3.72. The summed E-state index contributed by atoms with van der Waals surface area (Å²) in [6, 6.07) is 4.65. The van der Waals surface area contributed by atoms with Crippen LogP contribution in [0.3, 0.4) is 0 Å². The normalized spacial score (nSPS) is 11.4. The Kier molecular flexibility index (Phi) is 3.91. The summed E-state index contributed by atoms with van der Waals surface area (Å²) in [7, 11) is -2.85. The number of pyridine rings is 1. The number of hydrogen-bond donors (Lipinski definition) is 1. The minimum atomic E-state index is -2.85. The molecule has 3 nitrogen and oxygen atoms in total. The first-order chi connectivity index (χ1) is 9.29. The van der Waals surface area contributed by atoms with Gasteiger partial charge in [0.1, 0.15) is 13.0 Å². The first-order valence-corrected chi connectivity index (χ1v) is 8.61. The lowest BCUT2D eigenvalue weighted by Crippen LogP contribution is -2.15. The second-order valence-corrected chi connectivity index (χ2v) is 8.13. The molecular formula is C14H15F2N2OP. The molecule has 0 atom stereocenters. The highest BCUT2D eigenvalue weighted by atomic mass is 31.2. The summed E-state index contributed by atoms with van der Waals surface area (Å²) < 4.78 is 39.8. The lowest BCUT2D eigenvalue weighted by Gasteiger charge is -2.16. The Bertz CT molecular complexity index is 698. The van der Waals surface area contributed by atoms with Crippen LogP contribution in [-0.4, -0.2) is 18.3 Å². The molecule has 1 aromatic carbocycles. The summed E-state index contributed by atoms with van der Waals surface area (Å²) in [5.41, 5.74) is 1.20. The topological polar surface area (TPSA) is 42.0 Å². The summed E-state index contributed by atoms with van der Waals surface area (Å²) in [6.45, 7) is 4.69. The van der Waals surface area contributed by atoms with Crippen LogP contribution < -0.4 is 10.6 Å². The quantitative estimate of drug-likeness (QED) is 0.879. The van der Waals surface area contributed by atoms with Gasteiger partial charge in [-0.05, 0) is 37.9 Å². The van der Waals surface area contributed by atoms with E-state index in [0.717, 1.165) is 11.8 Å². The van der Waals surface area contributed by atoms with Crippen molar-refractivity contribution in [1.29, 1.82) is 0 Å². The number of nitrogens with one attached hydrogen (secondary N) is 1. The van der Waals surface area contributed by atoms with Crippen LogP contribution in [0.1, 0.15) is 5.56 Å². The molecule has 0 radical (unpaired) electrons. The maximum absolute atomic E-state index is 13.8. The van der Waals surface area contributed by atoms with Gasteiger partial charge in [0.15, 0.2) is 5.82 Å². The minimum absolute atomic E-state index is 0.0486. The van der Waals surface area contributed by atoms with Crippen molar-refractivity contribution < 1.29 is 13.3 Å². The fourth-order valence-electron chi connectivity index (χ4n) is 1.93. The van der Waals surface area contributed by atoms with E-state index in [1.54, 1.807) is 19.1 Å². The third kappa shape index (κ3) is 3.05. The first kappa shape index (κ1) is 14.7. The van der Waals surface area contributed by atoms with E-state index < -0.39 is 18.8 Å². The molecule has 20 heavy (non-hydrogen) atoms. The van der Waals surface area contributed by atoms with Gasteiger partial charge in [-0.2, -0.15) is 0 Å². The van der Waals surface area contributed by atoms with Gasteiger partial charge in [0, 0.05) is 0 Å². The number of hydrogen-bond acceptors (Lipinski definition) is 3. The lowest BCUT2D eigenvalue weighted by atomic mass is 10.2. The van der Waals surface area contributed by atoms with Gasteiger partial charge in [0.25, 0.3) is 0 Å². The molecule has 0 saturated heterocycles. The second-order valence-electron chi connectivity index (χ2n) is 4.98. The number of aryl methyl sites for hydroxylation is 1. The van der Waals surface area contributed by atoms with Crippen molar-refractivity contribution in [3.63, 3.8) is 0 Å². The van der Waals surface area contributed by atoms with E-state index in [2.05, 4.69) is 10.3 Å². The number of anilines is 2. The molecular weight excluding hydrogens is 281 g/mol. The molecule has 0 saturated carbocycles. The van der Waals surface area contributed by atoms with E-state index in [9.17, 15) is 13.3 Å². The fraction of sp³-hybridized carbons (Fsp3) is 0.214. The minimum Gasteiger partial charge on any atom is -0.351 e. The van der Waals surface area contributed by atoms with Crippen molar-refractivity contribution in [1.82, 2.24) is 4.98 Å². The van der Waals surface area contributed by atoms with Crippen LogP contribution in [0.2, 0.25) is 0 Å². The summed E-state index contributed by atoms with van der Waals surface area (Å²) >= 11 is 0. The number of nitrogens with zero attached hydrogens (tertiary/aromatic N) is 1. The molecule has 2 aromatic rings. The molecule has 1 heterocycles. The molecule has 0 spiro atoms. The van der Waals surface area contributed by atoms with E-state index >= 15 is 0 Å². The third-order valence-corrected chi connectivity index (χ3v) is 4.34. The number of benzene rings is 1. The number of halogens is 2. The van der Waals surface area contributed by atoms with E-state index in [4.69, 9.17) is 0 Å². The zero-order valence-electron chi connectivity index (χ0n) is 11.4. The van der Waals surface area contributed by atoms with Crippen molar-refractivity contribution in [2.24, 2.45) is 0 Å². The Balaban J connectivity index is 2.49. The number of rotatable bonds is 3. The zero-order valence-corrected chi connectivity index (χ0v) is 12.3. The van der Waals surface area contributed by atoms with Crippen LogP contribution in [0.4, 0.5) is 20.2 Å². The molecule has 2 rings (SSSR count). The standard InChI is InChI=1S/C14H15F2N2OP/c1-9-4-5-12(10(15)6-9)18-13-8-17-7-11(16)14(13)20(2,3)19/h4-8,18H,1-3H3. The fourth-order valence-corrected chi connectivity index (χ4v) is 3.20. The molecule has 1 aromatic heterocycles. The molecule has 0 aliphatic heterocycles. The van der Waals surface area contributed by atoms with Gasteiger partial charge in [-0.3, -0.25) is 4.98 Å². The predicted molar refractivity (Wildman–Crippen MR) is 77.7 cm³/mol. The molecule has 0 amide bonds. The third-order valence-electron chi connectivity index (χ3n) is 2.81. The van der Waals surface area contributed by atoms with Gasteiger partial charge >= 0.3 is 0 Å². The highest BCUT2D eigenvalue weighted by Gasteiger charge is 2.22. The highest BCUT2D eigenvalue weighted by Crippen LogP contribution is 2.39. The van der Waals surface area contributed by atoms with Crippen LogP contribution in [0.5, 0.6) is 0 Å². The highest BCUT2D eigenvalue weighted by molar-refractivity contribution is 7.70. The van der Waals surface area contributed by atoms with Gasteiger partial charge in [-0.25, -0.2) is 8.78 Å². The SMILES string of the molecule is Cc1ccc(Nc2cncc(F)c2P(C)(C)=O)c(F)c1. The Hall–Kier alpha value is -1.74. The summed E-state index contributed by atoms with van der Waals surface area (Å²) in [5, 5.41) is 2.81. The van der Waals surface area contributed by atoms with E-state index in [0.29, 0.717) is 0 Å². The van der Waals surface area contributed by atoms with Gasteiger partial charge < -0.3 is 9.88 Å². The molecule has 0 bridgehead atoms. The zero-order chi connectivity index (χ0) is 14.9. The van der Waals surface area contributed by atoms with Crippen molar-refractivity contribution in [3.05, 3.63) is 47.8 Å². The maximum atomic E-state index is 13.8. The van der Waals surface area contributed by atoms with E-state index in [1.807, 2.05) is 0 Å². The van der Waals surface area contributed by atoms with Crippen molar-refractivity contribution in [2.45, 2.75) is 6.92 Å². The first-order valence-electron chi connectivity index (χ1n) is 6.01. The van der Waals surface area contributed by atoms with Crippen LogP contribution in [0.15, 0.2) is 30.6 Å². The Morgan fingerprint density at radius 1 is 1.10 bits per heavy atom. The molecule has 6 heteroatoms. The largest absolute Gasteiger partial charge is 0.351 e. The molecule has 0 unspecified atom stereocenters. The van der Waals surface area contributed by atoms with Crippen molar-refractivity contribution in [2.75, 3.05) is 18.6 Å². The van der Waals surface area contributed by atoms with Gasteiger partial charge in [-0.1, -0.05) is 6.07 Å². The molecule has 1 N–H and O–H groups in total. The number of aromatic nitrogens is 1. The summed E-state index contributed by atoms with van der Waals surface area (Å²) in [5.74, 6) is -1.11. The summed E-state index contributed by atoms with van der Waals surface area (Å²) in [6.07, 6.45) is 2.35. The van der Waals surface area contributed by atoms with Crippen LogP contribution in [-0.2, 0) is 4.57 Å². The Morgan fingerprint density at radius 3 is 2.40 bits per heavy atom. The average molecular weight is 296 g/mol. The maximum Gasteiger partial charge on any atom is 0.154 e. The van der Waals surface area contributed by atoms with E-state index in [1.165, 1.54) is 25.6 Å². The Morgan fingerprint density at radius 2 is 1.80 bits per heavy atom. The predicted octanol–water partition coefficient (Wildman–Crippen LogP) is 3.66.